The molecule has 3 rings (SSSR count). The predicted octanol–water partition coefficient (Wildman–Crippen LogP) is 2.98. The van der Waals surface area contributed by atoms with Crippen molar-refractivity contribution >= 4 is 10.9 Å². The van der Waals surface area contributed by atoms with E-state index < -0.39 is 0 Å². The van der Waals surface area contributed by atoms with Gasteiger partial charge in [0.1, 0.15) is 5.75 Å². The molecule has 4 heteroatoms. The first-order chi connectivity index (χ1) is 10.8. The van der Waals surface area contributed by atoms with E-state index in [0.717, 1.165) is 41.9 Å². The van der Waals surface area contributed by atoms with Crippen LogP contribution in [0.1, 0.15) is 31.4 Å². The predicted molar refractivity (Wildman–Crippen MR) is 88.0 cm³/mol. The normalized spacial score (nSPS) is 19.5. The number of piperidine rings is 1. The SMILES string of the molecule is COc1ccc2nc(CN3CCCCC3CCO)ccc2c1. The van der Waals surface area contributed by atoms with E-state index in [0.29, 0.717) is 6.04 Å². The van der Waals surface area contributed by atoms with Crippen LogP contribution in [0.15, 0.2) is 30.3 Å². The second kappa shape index (κ2) is 7.07. The van der Waals surface area contributed by atoms with Crippen molar-refractivity contribution in [3.05, 3.63) is 36.0 Å². The first kappa shape index (κ1) is 15.3. The van der Waals surface area contributed by atoms with Gasteiger partial charge >= 0.3 is 0 Å². The molecule has 2 heterocycles. The summed E-state index contributed by atoms with van der Waals surface area (Å²) >= 11 is 0. The van der Waals surface area contributed by atoms with E-state index in [-0.39, 0.29) is 6.61 Å². The third-order valence-electron chi connectivity index (χ3n) is 4.53. The number of aliphatic hydroxyl groups is 1. The molecule has 1 N–H and O–H groups in total. The molecule has 0 amide bonds. The van der Waals surface area contributed by atoms with Crippen molar-refractivity contribution in [1.82, 2.24) is 9.88 Å². The van der Waals surface area contributed by atoms with E-state index in [4.69, 9.17) is 9.72 Å². The fourth-order valence-electron chi connectivity index (χ4n) is 3.31. The molecule has 1 aromatic carbocycles. The molecule has 1 aliphatic rings. The number of fused-ring (bicyclic) bond motifs is 1. The maximum Gasteiger partial charge on any atom is 0.119 e. The van der Waals surface area contributed by atoms with Gasteiger partial charge in [-0.15, -0.1) is 0 Å². The molecule has 0 saturated carbocycles. The van der Waals surface area contributed by atoms with Crippen molar-refractivity contribution < 1.29 is 9.84 Å². The van der Waals surface area contributed by atoms with Crippen LogP contribution in [-0.4, -0.2) is 41.3 Å². The standard InChI is InChI=1S/C18H24N2O2/c1-22-17-7-8-18-14(12-17)5-6-15(19-18)13-20-10-3-2-4-16(20)9-11-21/h5-8,12,16,21H,2-4,9-11,13H2,1H3. The highest BCUT2D eigenvalue weighted by Crippen LogP contribution is 2.23. The lowest BCUT2D eigenvalue weighted by Crippen LogP contribution is -2.39. The third-order valence-corrected chi connectivity index (χ3v) is 4.53. The molecule has 0 radical (unpaired) electrons. The molecule has 1 unspecified atom stereocenters. The van der Waals surface area contributed by atoms with Crippen LogP contribution >= 0.6 is 0 Å². The Morgan fingerprint density at radius 3 is 3.00 bits per heavy atom. The molecule has 1 fully saturated rings. The number of aliphatic hydroxyl groups excluding tert-OH is 1. The highest BCUT2D eigenvalue weighted by atomic mass is 16.5. The second-order valence-corrected chi connectivity index (χ2v) is 5.99. The largest absolute Gasteiger partial charge is 0.497 e. The zero-order chi connectivity index (χ0) is 15.4. The van der Waals surface area contributed by atoms with E-state index in [1.807, 2.05) is 18.2 Å². The molecular weight excluding hydrogens is 276 g/mol. The smallest absolute Gasteiger partial charge is 0.119 e. The van der Waals surface area contributed by atoms with E-state index in [2.05, 4.69) is 17.0 Å². The summed E-state index contributed by atoms with van der Waals surface area (Å²) in [6.45, 7) is 2.24. The number of rotatable bonds is 5. The molecule has 0 bridgehead atoms. The first-order valence-electron chi connectivity index (χ1n) is 8.09. The van der Waals surface area contributed by atoms with Gasteiger partial charge in [-0.25, -0.2) is 0 Å². The summed E-state index contributed by atoms with van der Waals surface area (Å²) in [5, 5.41) is 10.3. The Bertz CT molecular complexity index is 628. The number of aromatic nitrogens is 1. The fraction of sp³-hybridized carbons (Fsp3) is 0.500. The molecule has 0 spiro atoms. The van der Waals surface area contributed by atoms with Crippen LogP contribution in [0, 0.1) is 0 Å². The van der Waals surface area contributed by atoms with Crippen molar-refractivity contribution in [2.75, 3.05) is 20.3 Å². The first-order valence-corrected chi connectivity index (χ1v) is 8.09. The van der Waals surface area contributed by atoms with E-state index >= 15 is 0 Å². The average molecular weight is 300 g/mol. The summed E-state index contributed by atoms with van der Waals surface area (Å²) in [5.74, 6) is 0.862. The Morgan fingerprint density at radius 2 is 2.18 bits per heavy atom. The fourth-order valence-corrected chi connectivity index (χ4v) is 3.31. The quantitative estimate of drug-likeness (QED) is 0.922. The second-order valence-electron chi connectivity index (χ2n) is 5.99. The Hall–Kier alpha value is -1.65. The lowest BCUT2D eigenvalue weighted by molar-refractivity contribution is 0.111. The number of nitrogens with zero attached hydrogens (tertiary/aromatic N) is 2. The summed E-state index contributed by atoms with van der Waals surface area (Å²) in [5.41, 5.74) is 2.11. The molecule has 4 nitrogen and oxygen atoms in total. The zero-order valence-electron chi connectivity index (χ0n) is 13.2. The monoisotopic (exact) mass is 300 g/mol. The highest BCUT2D eigenvalue weighted by Gasteiger charge is 2.22. The lowest BCUT2D eigenvalue weighted by Gasteiger charge is -2.35. The van der Waals surface area contributed by atoms with Crippen LogP contribution in [0.4, 0.5) is 0 Å². The number of ether oxygens (including phenoxy) is 1. The van der Waals surface area contributed by atoms with Crippen LogP contribution < -0.4 is 4.74 Å². The van der Waals surface area contributed by atoms with Crippen LogP contribution in [0.2, 0.25) is 0 Å². The summed E-state index contributed by atoms with van der Waals surface area (Å²) < 4.78 is 5.26. The van der Waals surface area contributed by atoms with Gasteiger partial charge in [-0.2, -0.15) is 0 Å². The van der Waals surface area contributed by atoms with Crippen molar-refractivity contribution in [2.24, 2.45) is 0 Å². The number of benzene rings is 1. The summed E-state index contributed by atoms with van der Waals surface area (Å²) in [6.07, 6.45) is 4.56. The number of hydrogen-bond donors (Lipinski definition) is 1. The molecule has 22 heavy (non-hydrogen) atoms. The summed E-state index contributed by atoms with van der Waals surface area (Å²) in [4.78, 5) is 7.25. The van der Waals surface area contributed by atoms with Crippen molar-refractivity contribution in [3.63, 3.8) is 0 Å². The van der Waals surface area contributed by atoms with Crippen LogP contribution in [0.5, 0.6) is 5.75 Å². The number of methoxy groups -OCH3 is 1. The van der Waals surface area contributed by atoms with Gasteiger partial charge in [0.2, 0.25) is 0 Å². The van der Waals surface area contributed by atoms with Gasteiger partial charge in [0.05, 0.1) is 18.3 Å². The van der Waals surface area contributed by atoms with Crippen LogP contribution in [-0.2, 0) is 6.54 Å². The van der Waals surface area contributed by atoms with E-state index in [1.165, 1.54) is 19.3 Å². The van der Waals surface area contributed by atoms with Gasteiger partial charge in [0.25, 0.3) is 0 Å². The molecule has 2 aromatic rings. The van der Waals surface area contributed by atoms with Gasteiger partial charge in [-0.1, -0.05) is 12.5 Å². The van der Waals surface area contributed by atoms with Gasteiger partial charge in [0, 0.05) is 24.6 Å². The van der Waals surface area contributed by atoms with E-state index in [1.54, 1.807) is 7.11 Å². The van der Waals surface area contributed by atoms with Gasteiger partial charge in [0.15, 0.2) is 0 Å². The van der Waals surface area contributed by atoms with E-state index in [9.17, 15) is 5.11 Å². The molecule has 1 saturated heterocycles. The molecule has 0 aliphatic carbocycles. The van der Waals surface area contributed by atoms with Crippen molar-refractivity contribution in [2.45, 2.75) is 38.3 Å². The average Bonchev–Trinajstić information content (AvgIpc) is 2.56. The lowest BCUT2D eigenvalue weighted by atomic mass is 9.99. The Morgan fingerprint density at radius 1 is 1.27 bits per heavy atom. The Kier molecular flexibility index (Phi) is 4.90. The number of hydrogen-bond acceptors (Lipinski definition) is 4. The van der Waals surface area contributed by atoms with Crippen LogP contribution in [0.3, 0.4) is 0 Å². The minimum Gasteiger partial charge on any atom is -0.497 e. The van der Waals surface area contributed by atoms with Crippen LogP contribution in [0.25, 0.3) is 10.9 Å². The van der Waals surface area contributed by atoms with Crippen molar-refractivity contribution in [1.29, 1.82) is 0 Å². The number of likely N-dealkylation sites (tertiary alicyclic amines) is 1. The zero-order valence-corrected chi connectivity index (χ0v) is 13.2. The maximum absolute atomic E-state index is 9.24. The molecule has 1 aliphatic heterocycles. The molecule has 1 atom stereocenters. The summed E-state index contributed by atoms with van der Waals surface area (Å²) in [6, 6.07) is 10.7. The minimum absolute atomic E-state index is 0.270. The Labute approximate surface area is 131 Å². The number of pyridine rings is 1. The van der Waals surface area contributed by atoms with Gasteiger partial charge in [-0.3, -0.25) is 9.88 Å². The van der Waals surface area contributed by atoms with Crippen molar-refractivity contribution in [3.8, 4) is 5.75 Å². The maximum atomic E-state index is 9.24. The summed E-state index contributed by atoms with van der Waals surface area (Å²) in [7, 11) is 1.68. The topological polar surface area (TPSA) is 45.6 Å². The van der Waals surface area contributed by atoms with Gasteiger partial charge < -0.3 is 9.84 Å². The Balaban J connectivity index is 1.78. The molecule has 118 valence electrons. The highest BCUT2D eigenvalue weighted by molar-refractivity contribution is 5.80. The minimum atomic E-state index is 0.270. The molecular formula is C18H24N2O2. The molecule has 1 aromatic heterocycles. The van der Waals surface area contributed by atoms with Gasteiger partial charge in [-0.05, 0) is 50.1 Å². The third kappa shape index (κ3) is 3.39.